The lowest BCUT2D eigenvalue weighted by atomic mass is 9.86. The van der Waals surface area contributed by atoms with E-state index in [0.29, 0.717) is 32.6 Å². The molecule has 7 heteroatoms. The van der Waals surface area contributed by atoms with Crippen molar-refractivity contribution in [1.29, 1.82) is 10.5 Å². The van der Waals surface area contributed by atoms with E-state index in [1.165, 1.54) is 16.9 Å². The minimum absolute atomic E-state index is 0.0199. The number of aromatic amines is 2. The van der Waals surface area contributed by atoms with E-state index in [0.717, 1.165) is 54.8 Å². The zero-order chi connectivity index (χ0) is 38.3. The molecule has 0 atom stereocenters. The van der Waals surface area contributed by atoms with Gasteiger partial charge in [0.25, 0.3) is 0 Å². The number of aryl methyl sites for hydroxylation is 1. The van der Waals surface area contributed by atoms with Crippen molar-refractivity contribution in [1.82, 2.24) is 15.0 Å². The van der Waals surface area contributed by atoms with E-state index in [4.69, 9.17) is 9.98 Å². The van der Waals surface area contributed by atoms with Gasteiger partial charge in [0.1, 0.15) is 22.7 Å². The smallest absolute Gasteiger partial charge is 0.137 e. The number of nitrogens with one attached hydrogen (secondary N) is 2. The van der Waals surface area contributed by atoms with E-state index >= 15 is 0 Å². The molecule has 0 unspecified atom stereocenters. The summed E-state index contributed by atoms with van der Waals surface area (Å²) < 4.78 is 1.01. The highest BCUT2D eigenvalue weighted by Gasteiger charge is 2.24. The van der Waals surface area contributed by atoms with Crippen LogP contribution in [0.3, 0.4) is 0 Å². The molecule has 7 aromatic rings. The highest BCUT2D eigenvalue weighted by atomic mass is 32.1. The van der Waals surface area contributed by atoms with Crippen molar-refractivity contribution in [2.24, 2.45) is 4.99 Å². The molecule has 3 heterocycles. The van der Waals surface area contributed by atoms with E-state index in [-0.39, 0.29) is 5.41 Å². The molecule has 0 spiro atoms. The van der Waals surface area contributed by atoms with Gasteiger partial charge >= 0.3 is 0 Å². The topological polar surface area (TPSA) is 104 Å². The molecule has 4 aromatic carbocycles. The van der Waals surface area contributed by atoms with Gasteiger partial charge in [-0.1, -0.05) is 133 Å². The summed E-state index contributed by atoms with van der Waals surface area (Å²) in [4.78, 5) is 17.2. The van der Waals surface area contributed by atoms with Crippen molar-refractivity contribution in [3.8, 4) is 34.7 Å². The lowest BCUT2D eigenvalue weighted by molar-refractivity contribution is 0.590. The van der Waals surface area contributed by atoms with E-state index < -0.39 is 0 Å². The molecular weight excluding hydrogens is 669 g/mol. The molecule has 3 aromatic heterocycles. The van der Waals surface area contributed by atoms with Crippen LogP contribution in [0.4, 0.5) is 5.69 Å². The molecule has 6 nitrogen and oxygen atoms in total. The quantitative estimate of drug-likeness (QED) is 0.173. The van der Waals surface area contributed by atoms with Gasteiger partial charge in [0.2, 0.25) is 0 Å². The van der Waals surface area contributed by atoms with Crippen LogP contribution < -0.4 is 10.7 Å². The number of H-pyrrole nitrogens is 2. The van der Waals surface area contributed by atoms with Crippen molar-refractivity contribution in [2.75, 3.05) is 0 Å². The summed E-state index contributed by atoms with van der Waals surface area (Å²) in [5.41, 5.74) is 8.81. The second-order valence-corrected chi connectivity index (χ2v) is 14.2. The number of hydrogen-bond donors (Lipinski definition) is 2. The molecule has 0 aliphatic heterocycles. The fourth-order valence-corrected chi connectivity index (χ4v) is 7.20. The predicted molar refractivity (Wildman–Crippen MR) is 225 cm³/mol. The molecule has 7 rings (SSSR count). The number of para-hydroxylation sites is 2. The summed E-state index contributed by atoms with van der Waals surface area (Å²) >= 11 is 1.49. The number of fused-ring (bicyclic) bond motifs is 2. The number of rotatable bonds is 5. The first-order valence-electron chi connectivity index (χ1n) is 18.1. The highest BCUT2D eigenvalue weighted by molar-refractivity contribution is 7.19. The summed E-state index contributed by atoms with van der Waals surface area (Å²) in [6.07, 6.45) is 0. The maximum atomic E-state index is 10.8. The summed E-state index contributed by atoms with van der Waals surface area (Å²) in [6, 6.07) is 39.3. The Morgan fingerprint density at radius 3 is 1.87 bits per heavy atom. The van der Waals surface area contributed by atoms with Gasteiger partial charge in [0, 0.05) is 10.8 Å². The Kier molecular flexibility index (Phi) is 11.9. The molecule has 0 fully saturated rings. The van der Waals surface area contributed by atoms with Crippen molar-refractivity contribution in [2.45, 2.75) is 67.7 Å². The molecule has 2 N–H and O–H groups in total. The Balaban J connectivity index is 0.00000131. The molecule has 0 radical (unpaired) electrons. The van der Waals surface area contributed by atoms with Gasteiger partial charge < -0.3 is 9.97 Å². The van der Waals surface area contributed by atoms with Crippen LogP contribution in [0.2, 0.25) is 0 Å². The largest absolute Gasteiger partial charge is 0.353 e. The number of benzene rings is 4. The Bertz CT molecular complexity index is 2580. The third kappa shape index (κ3) is 7.63. The first kappa shape index (κ1) is 38.2. The van der Waals surface area contributed by atoms with E-state index in [2.05, 4.69) is 67.1 Å². The van der Waals surface area contributed by atoms with Gasteiger partial charge in [-0.05, 0) is 59.7 Å². The number of hydrogen-bond acceptors (Lipinski definition) is 5. The third-order valence-corrected chi connectivity index (χ3v) is 9.90. The molecule has 53 heavy (non-hydrogen) atoms. The van der Waals surface area contributed by atoms with Crippen LogP contribution in [0.1, 0.15) is 71.5 Å². The highest BCUT2D eigenvalue weighted by Crippen LogP contribution is 2.34. The Morgan fingerprint density at radius 1 is 0.698 bits per heavy atom. The molecule has 0 aliphatic rings. The molecule has 0 amide bonds. The lowest BCUT2D eigenvalue weighted by Crippen LogP contribution is -2.13. The molecule has 266 valence electrons. The Hall–Kier alpha value is -6.02. The first-order valence-corrected chi connectivity index (χ1v) is 19.0. The second kappa shape index (κ2) is 16.5. The summed E-state index contributed by atoms with van der Waals surface area (Å²) in [7, 11) is 0. The summed E-state index contributed by atoms with van der Waals surface area (Å²) in [5, 5.41) is 25.1. The van der Waals surface area contributed by atoms with Gasteiger partial charge in [0.15, 0.2) is 0 Å². The second-order valence-electron chi connectivity index (χ2n) is 13.1. The van der Waals surface area contributed by atoms with Crippen LogP contribution in [0.15, 0.2) is 108 Å². The van der Waals surface area contributed by atoms with Crippen molar-refractivity contribution in [3.63, 3.8) is 0 Å². The predicted octanol–water partition coefficient (Wildman–Crippen LogP) is 11.3. The van der Waals surface area contributed by atoms with Gasteiger partial charge in [-0.25, -0.2) is 4.98 Å². The van der Waals surface area contributed by atoms with Crippen LogP contribution in [-0.4, -0.2) is 20.7 Å². The monoisotopic (exact) mass is 714 g/mol. The van der Waals surface area contributed by atoms with Crippen molar-refractivity contribution in [3.05, 3.63) is 130 Å². The fourth-order valence-electron chi connectivity index (χ4n) is 6.23. The minimum Gasteiger partial charge on any atom is -0.353 e. The number of aliphatic imine (C=N–C) groups is 1. The maximum Gasteiger partial charge on any atom is 0.137 e. The van der Waals surface area contributed by atoms with E-state index in [1.807, 2.05) is 120 Å². The summed E-state index contributed by atoms with van der Waals surface area (Å²) in [6.45, 7) is 18.5. The lowest BCUT2D eigenvalue weighted by Gasteiger charge is -2.19. The molecular formula is C46H46N6S. The maximum absolute atomic E-state index is 10.8. The van der Waals surface area contributed by atoms with Crippen LogP contribution in [0.5, 0.6) is 0 Å². The van der Waals surface area contributed by atoms with Gasteiger partial charge in [-0.2, -0.15) is 10.5 Å². The van der Waals surface area contributed by atoms with Gasteiger partial charge in [0.05, 0.1) is 49.3 Å². The average Bonchev–Trinajstić information content (AvgIpc) is 3.89. The SMILES string of the molecule is CC.CC.CC(=Nc1ccccc1C)/C(C#N)=c1\[nH]c(-c2ccccc2)c2/c(=C(\C#N)c3nc4ccccc4s3)[nH]c(-c3ccc(C(C)(C)C)cc3)c12. The van der Waals surface area contributed by atoms with E-state index in [1.54, 1.807) is 0 Å². The standard InChI is InChI=1S/C42H34N6S.2C2H6/c1-25-13-9-10-16-32(25)45-26(2)30(23-43)39-35-36(37(47-39)27-14-7-6-8-15-27)40(31(24-44)41-46-33-17-11-12-18-34(33)49-41)48-38(35)28-19-21-29(22-20-28)42(3,4)5;2*1-2/h6-22,47-48H,1-5H3;2*1-2H3/b39-30-,40-31-,45-26?;;. The first-order chi connectivity index (χ1) is 25.7. The molecule has 0 bridgehead atoms. The van der Waals surface area contributed by atoms with Crippen molar-refractivity contribution < 1.29 is 0 Å². The number of nitrogens with zero attached hydrogens (tertiary/aromatic N) is 4. The zero-order valence-corrected chi connectivity index (χ0v) is 32.8. The molecule has 0 saturated carbocycles. The Labute approximate surface area is 316 Å². The number of thiazole rings is 1. The van der Waals surface area contributed by atoms with Crippen molar-refractivity contribution >= 4 is 54.9 Å². The van der Waals surface area contributed by atoms with E-state index in [9.17, 15) is 10.5 Å². The van der Waals surface area contributed by atoms with Crippen LogP contribution >= 0.6 is 11.3 Å². The zero-order valence-electron chi connectivity index (χ0n) is 32.0. The average molecular weight is 715 g/mol. The van der Waals surface area contributed by atoms with Crippen LogP contribution in [-0.2, 0) is 5.41 Å². The van der Waals surface area contributed by atoms with Gasteiger partial charge in [-0.3, -0.25) is 4.99 Å². The normalized spacial score (nSPS) is 12.5. The number of nitriles is 2. The number of aromatic nitrogens is 3. The summed E-state index contributed by atoms with van der Waals surface area (Å²) in [5.74, 6) is 0. The molecule has 0 aliphatic carbocycles. The fraction of sp³-hybridized carbons (Fsp3) is 0.217. The van der Waals surface area contributed by atoms with Crippen LogP contribution in [0.25, 0.3) is 54.7 Å². The molecule has 0 saturated heterocycles. The van der Waals surface area contributed by atoms with Gasteiger partial charge in [-0.15, -0.1) is 11.3 Å². The van der Waals surface area contributed by atoms with Crippen LogP contribution in [0, 0.1) is 29.6 Å². The third-order valence-electron chi connectivity index (χ3n) is 8.85. The minimum atomic E-state index is -0.0199. The Morgan fingerprint density at radius 2 is 1.26 bits per heavy atom.